The third-order valence-electron chi connectivity index (χ3n) is 4.04. The van der Waals surface area contributed by atoms with E-state index in [1.807, 2.05) is 44.0 Å². The third-order valence-corrected chi connectivity index (χ3v) is 4.04. The van der Waals surface area contributed by atoms with Crippen molar-refractivity contribution in [3.05, 3.63) is 35.9 Å². The Labute approximate surface area is 139 Å². The van der Waals surface area contributed by atoms with Crippen LogP contribution in [0.4, 0.5) is 0 Å². The molecule has 1 amide bonds. The Bertz CT molecular complexity index is 491. The monoisotopic (exact) mass is 319 g/mol. The minimum absolute atomic E-state index is 0.186. The number of likely N-dealkylation sites (N-methyl/N-ethyl adjacent to an activating group) is 1. The minimum atomic E-state index is -0.678. The Morgan fingerprint density at radius 3 is 2.35 bits per heavy atom. The molecule has 1 heterocycles. The molecule has 0 spiro atoms. The van der Waals surface area contributed by atoms with Crippen molar-refractivity contribution in [2.45, 2.75) is 26.0 Å². The van der Waals surface area contributed by atoms with E-state index in [2.05, 4.69) is 21.9 Å². The predicted molar refractivity (Wildman–Crippen MR) is 92.1 cm³/mol. The molecular weight excluding hydrogens is 290 g/mol. The maximum Gasteiger partial charge on any atom is 0.236 e. The van der Waals surface area contributed by atoms with Crippen LogP contribution in [-0.4, -0.2) is 77.6 Å². The average molecular weight is 319 g/mol. The Balaban J connectivity index is 1.74. The molecule has 1 saturated heterocycles. The zero-order chi connectivity index (χ0) is 16.9. The molecule has 1 N–H and O–H groups in total. The van der Waals surface area contributed by atoms with E-state index in [0.717, 1.165) is 32.7 Å². The van der Waals surface area contributed by atoms with Gasteiger partial charge in [-0.2, -0.15) is 0 Å². The van der Waals surface area contributed by atoms with Gasteiger partial charge in [-0.05, 0) is 26.5 Å². The molecule has 1 aliphatic heterocycles. The van der Waals surface area contributed by atoms with E-state index in [1.165, 1.54) is 5.56 Å². The fourth-order valence-electron chi connectivity index (χ4n) is 2.98. The standard InChI is InChI=1S/C18H29N3O2/c1-18(2,23)15-20-9-11-21(12-10-20)17(22)14-19(3)13-16-7-5-4-6-8-16/h4-8,23H,9-15H2,1-3H3. The molecule has 5 nitrogen and oxygen atoms in total. The summed E-state index contributed by atoms with van der Waals surface area (Å²) in [6.45, 7) is 8.68. The third kappa shape index (κ3) is 6.29. The number of aliphatic hydroxyl groups is 1. The van der Waals surface area contributed by atoms with Crippen molar-refractivity contribution in [3.8, 4) is 0 Å². The number of amides is 1. The highest BCUT2D eigenvalue weighted by atomic mass is 16.3. The normalized spacial score (nSPS) is 16.8. The first-order valence-electron chi connectivity index (χ1n) is 8.28. The average Bonchev–Trinajstić information content (AvgIpc) is 2.47. The van der Waals surface area contributed by atoms with E-state index in [1.54, 1.807) is 0 Å². The number of hydrogen-bond donors (Lipinski definition) is 1. The molecule has 128 valence electrons. The maximum atomic E-state index is 12.4. The minimum Gasteiger partial charge on any atom is -0.389 e. The van der Waals surface area contributed by atoms with Gasteiger partial charge < -0.3 is 10.0 Å². The SMILES string of the molecule is CN(CC(=O)N1CCN(CC(C)(C)O)CC1)Cc1ccccc1. The first-order valence-corrected chi connectivity index (χ1v) is 8.28. The Hall–Kier alpha value is -1.43. The van der Waals surface area contributed by atoms with Crippen molar-refractivity contribution in [1.29, 1.82) is 0 Å². The summed E-state index contributed by atoms with van der Waals surface area (Å²) in [7, 11) is 1.98. The number of nitrogens with zero attached hydrogens (tertiary/aromatic N) is 3. The Kier molecular flexibility index (Phi) is 6.16. The van der Waals surface area contributed by atoms with E-state index in [4.69, 9.17) is 0 Å². The van der Waals surface area contributed by atoms with Crippen molar-refractivity contribution >= 4 is 5.91 Å². The summed E-state index contributed by atoms with van der Waals surface area (Å²) in [5.41, 5.74) is 0.542. The number of carbonyl (C=O) groups is 1. The number of β-amino-alcohol motifs (C(OH)–C–C–N with tert-alkyl or cyclic N) is 1. The molecule has 2 rings (SSSR count). The van der Waals surface area contributed by atoms with Crippen LogP contribution >= 0.6 is 0 Å². The highest BCUT2D eigenvalue weighted by molar-refractivity contribution is 5.78. The molecule has 0 bridgehead atoms. The molecule has 0 saturated carbocycles. The highest BCUT2D eigenvalue weighted by Crippen LogP contribution is 2.09. The molecule has 5 heteroatoms. The van der Waals surface area contributed by atoms with Gasteiger partial charge in [0, 0.05) is 39.3 Å². The van der Waals surface area contributed by atoms with Gasteiger partial charge >= 0.3 is 0 Å². The smallest absolute Gasteiger partial charge is 0.236 e. The summed E-state index contributed by atoms with van der Waals surface area (Å²) >= 11 is 0. The highest BCUT2D eigenvalue weighted by Gasteiger charge is 2.25. The molecule has 1 aliphatic rings. The molecule has 0 unspecified atom stereocenters. The van der Waals surface area contributed by atoms with Crippen LogP contribution in [0, 0.1) is 0 Å². The van der Waals surface area contributed by atoms with Gasteiger partial charge in [0.1, 0.15) is 0 Å². The molecule has 0 radical (unpaired) electrons. The van der Waals surface area contributed by atoms with Crippen molar-refractivity contribution in [1.82, 2.24) is 14.7 Å². The zero-order valence-electron chi connectivity index (χ0n) is 14.5. The van der Waals surface area contributed by atoms with Crippen LogP contribution in [0.5, 0.6) is 0 Å². The van der Waals surface area contributed by atoms with Gasteiger partial charge in [-0.15, -0.1) is 0 Å². The van der Waals surface area contributed by atoms with Crippen molar-refractivity contribution in [2.75, 3.05) is 46.3 Å². The van der Waals surface area contributed by atoms with Crippen LogP contribution in [-0.2, 0) is 11.3 Å². The predicted octanol–water partition coefficient (Wildman–Crippen LogP) is 1.03. The summed E-state index contributed by atoms with van der Waals surface area (Å²) in [6, 6.07) is 10.2. The van der Waals surface area contributed by atoms with Crippen LogP contribution in [0.15, 0.2) is 30.3 Å². The number of piperazine rings is 1. The van der Waals surface area contributed by atoms with Crippen LogP contribution < -0.4 is 0 Å². The lowest BCUT2D eigenvalue weighted by molar-refractivity contribution is -0.134. The lowest BCUT2D eigenvalue weighted by atomic mass is 10.1. The Morgan fingerprint density at radius 1 is 1.17 bits per heavy atom. The Morgan fingerprint density at radius 2 is 1.78 bits per heavy atom. The lowest BCUT2D eigenvalue weighted by Crippen LogP contribution is -2.53. The first kappa shape index (κ1) is 17.9. The van der Waals surface area contributed by atoms with E-state index in [-0.39, 0.29) is 5.91 Å². The van der Waals surface area contributed by atoms with Gasteiger partial charge in [0.05, 0.1) is 12.1 Å². The van der Waals surface area contributed by atoms with Crippen LogP contribution in [0.25, 0.3) is 0 Å². The molecule has 23 heavy (non-hydrogen) atoms. The van der Waals surface area contributed by atoms with E-state index in [9.17, 15) is 9.90 Å². The second-order valence-corrected chi connectivity index (χ2v) is 7.13. The maximum absolute atomic E-state index is 12.4. The summed E-state index contributed by atoms with van der Waals surface area (Å²) in [5, 5.41) is 9.88. The van der Waals surface area contributed by atoms with Crippen molar-refractivity contribution < 1.29 is 9.90 Å². The van der Waals surface area contributed by atoms with Gasteiger partial charge in [0.15, 0.2) is 0 Å². The van der Waals surface area contributed by atoms with Crippen LogP contribution in [0.2, 0.25) is 0 Å². The van der Waals surface area contributed by atoms with Gasteiger partial charge in [0.25, 0.3) is 0 Å². The van der Waals surface area contributed by atoms with E-state index >= 15 is 0 Å². The number of hydrogen-bond acceptors (Lipinski definition) is 4. The fraction of sp³-hybridized carbons (Fsp3) is 0.611. The number of rotatable bonds is 6. The van der Waals surface area contributed by atoms with Crippen molar-refractivity contribution in [2.24, 2.45) is 0 Å². The first-order chi connectivity index (χ1) is 10.8. The lowest BCUT2D eigenvalue weighted by Gasteiger charge is -2.37. The van der Waals surface area contributed by atoms with Crippen LogP contribution in [0.3, 0.4) is 0 Å². The molecule has 0 aromatic heterocycles. The fourth-order valence-corrected chi connectivity index (χ4v) is 2.98. The van der Waals surface area contributed by atoms with E-state index < -0.39 is 5.60 Å². The van der Waals surface area contributed by atoms with Crippen molar-refractivity contribution in [3.63, 3.8) is 0 Å². The molecule has 0 atom stereocenters. The van der Waals surface area contributed by atoms with Gasteiger partial charge in [-0.25, -0.2) is 0 Å². The van der Waals surface area contributed by atoms with Gasteiger partial charge in [-0.1, -0.05) is 30.3 Å². The second-order valence-electron chi connectivity index (χ2n) is 7.13. The van der Waals surface area contributed by atoms with Gasteiger partial charge in [0.2, 0.25) is 5.91 Å². The molecule has 1 fully saturated rings. The largest absolute Gasteiger partial charge is 0.389 e. The summed E-state index contributed by atoms with van der Waals surface area (Å²) in [4.78, 5) is 18.6. The zero-order valence-corrected chi connectivity index (χ0v) is 14.5. The number of carbonyl (C=O) groups excluding carboxylic acids is 1. The molecule has 1 aromatic carbocycles. The molecular formula is C18H29N3O2. The summed E-state index contributed by atoms with van der Waals surface area (Å²) in [5.74, 6) is 0.186. The summed E-state index contributed by atoms with van der Waals surface area (Å²) in [6.07, 6.45) is 0. The number of benzene rings is 1. The van der Waals surface area contributed by atoms with E-state index in [0.29, 0.717) is 13.1 Å². The van der Waals surface area contributed by atoms with Crippen LogP contribution in [0.1, 0.15) is 19.4 Å². The second kappa shape index (κ2) is 7.90. The molecule has 1 aromatic rings. The van der Waals surface area contributed by atoms with Gasteiger partial charge in [-0.3, -0.25) is 14.6 Å². The topological polar surface area (TPSA) is 47.0 Å². The summed E-state index contributed by atoms with van der Waals surface area (Å²) < 4.78 is 0. The molecule has 0 aliphatic carbocycles. The quantitative estimate of drug-likeness (QED) is 0.851.